The lowest BCUT2D eigenvalue weighted by Gasteiger charge is -2.09. The largest absolute Gasteiger partial charge is 0.494 e. The summed E-state index contributed by atoms with van der Waals surface area (Å²) in [5.41, 5.74) is 1.59. The summed E-state index contributed by atoms with van der Waals surface area (Å²) in [6, 6.07) is 22.5. The van der Waals surface area contributed by atoms with E-state index in [4.69, 9.17) is 9.47 Å². The molecule has 0 aliphatic carbocycles. The molecular formula is C25H24O4. The molecule has 0 fully saturated rings. The van der Waals surface area contributed by atoms with E-state index in [0.29, 0.717) is 35.0 Å². The van der Waals surface area contributed by atoms with Gasteiger partial charge in [0.25, 0.3) is 0 Å². The maximum absolute atomic E-state index is 12.4. The summed E-state index contributed by atoms with van der Waals surface area (Å²) in [7, 11) is 0. The van der Waals surface area contributed by atoms with Gasteiger partial charge in [0.2, 0.25) is 0 Å². The molecular weight excluding hydrogens is 364 g/mol. The van der Waals surface area contributed by atoms with Gasteiger partial charge in [-0.25, -0.2) is 4.79 Å². The predicted octanol–water partition coefficient (Wildman–Crippen LogP) is 5.56. The number of hydrogen-bond donors (Lipinski definition) is 0. The van der Waals surface area contributed by atoms with Crippen molar-refractivity contribution < 1.29 is 19.1 Å². The van der Waals surface area contributed by atoms with E-state index < -0.39 is 5.97 Å². The van der Waals surface area contributed by atoms with E-state index in [-0.39, 0.29) is 5.78 Å². The average molecular weight is 388 g/mol. The molecule has 0 heterocycles. The molecule has 0 radical (unpaired) electrons. The molecule has 0 saturated carbocycles. The minimum atomic E-state index is -0.458. The van der Waals surface area contributed by atoms with E-state index in [1.165, 1.54) is 0 Å². The van der Waals surface area contributed by atoms with E-state index in [9.17, 15) is 9.59 Å². The van der Waals surface area contributed by atoms with Gasteiger partial charge in [-0.05, 0) is 60.9 Å². The van der Waals surface area contributed by atoms with Crippen molar-refractivity contribution in [1.82, 2.24) is 0 Å². The highest BCUT2D eigenvalue weighted by Gasteiger charge is 2.11. The molecule has 0 atom stereocenters. The Kier molecular flexibility index (Phi) is 6.80. The Morgan fingerprint density at radius 2 is 1.28 bits per heavy atom. The third-order valence-electron chi connectivity index (χ3n) is 4.42. The van der Waals surface area contributed by atoms with E-state index >= 15 is 0 Å². The Labute approximate surface area is 171 Å². The fourth-order valence-corrected chi connectivity index (χ4v) is 2.70. The second kappa shape index (κ2) is 9.69. The lowest BCUT2D eigenvalue weighted by Crippen LogP contribution is -2.09. The van der Waals surface area contributed by atoms with Crippen LogP contribution in [0, 0.1) is 5.92 Å². The third kappa shape index (κ3) is 5.79. The summed E-state index contributed by atoms with van der Waals surface area (Å²) in [4.78, 5) is 24.8. The summed E-state index contributed by atoms with van der Waals surface area (Å²) in [5.74, 6) is 1.17. The van der Waals surface area contributed by atoms with Crippen LogP contribution in [-0.4, -0.2) is 18.4 Å². The first-order valence-electron chi connectivity index (χ1n) is 9.68. The van der Waals surface area contributed by atoms with Crippen LogP contribution in [0.25, 0.3) is 0 Å². The second-order valence-corrected chi connectivity index (χ2v) is 7.16. The monoisotopic (exact) mass is 388 g/mol. The Morgan fingerprint density at radius 1 is 0.724 bits per heavy atom. The first-order chi connectivity index (χ1) is 14.0. The van der Waals surface area contributed by atoms with Gasteiger partial charge in [-0.15, -0.1) is 0 Å². The number of carbonyl (C=O) groups is 2. The van der Waals surface area contributed by atoms with Crippen molar-refractivity contribution in [2.75, 3.05) is 6.61 Å². The number of benzene rings is 3. The van der Waals surface area contributed by atoms with Gasteiger partial charge in [0.05, 0.1) is 12.2 Å². The quantitative estimate of drug-likeness (QED) is 0.288. The second-order valence-electron chi connectivity index (χ2n) is 7.16. The number of ether oxygens (including phenoxy) is 2. The summed E-state index contributed by atoms with van der Waals surface area (Å²) < 4.78 is 11.1. The molecule has 3 aromatic carbocycles. The lowest BCUT2D eigenvalue weighted by atomic mass is 10.0. The van der Waals surface area contributed by atoms with Crippen molar-refractivity contribution in [3.05, 3.63) is 95.6 Å². The molecule has 3 aromatic rings. The van der Waals surface area contributed by atoms with Gasteiger partial charge in [-0.2, -0.15) is 0 Å². The van der Waals surface area contributed by atoms with Gasteiger partial charge >= 0.3 is 5.97 Å². The summed E-state index contributed by atoms with van der Waals surface area (Å²) >= 11 is 0. The zero-order valence-corrected chi connectivity index (χ0v) is 16.6. The van der Waals surface area contributed by atoms with Gasteiger partial charge in [0.1, 0.15) is 11.5 Å². The standard InChI is InChI=1S/C25H24O4/c1-18(2)16-17-28-22-12-10-21(11-13-22)25(27)29-23-14-8-20(9-15-23)24(26)19-6-4-3-5-7-19/h3-15,18H,16-17H2,1-2H3. The summed E-state index contributed by atoms with van der Waals surface area (Å²) in [6.45, 7) is 4.94. The molecule has 0 bridgehead atoms. The molecule has 4 heteroatoms. The van der Waals surface area contributed by atoms with E-state index in [1.807, 2.05) is 18.2 Å². The molecule has 148 valence electrons. The summed E-state index contributed by atoms with van der Waals surface area (Å²) in [6.07, 6.45) is 0.979. The fourth-order valence-electron chi connectivity index (χ4n) is 2.70. The van der Waals surface area contributed by atoms with Crippen molar-refractivity contribution in [3.8, 4) is 11.5 Å². The topological polar surface area (TPSA) is 52.6 Å². The van der Waals surface area contributed by atoms with Gasteiger partial charge in [-0.3, -0.25) is 4.79 Å². The van der Waals surface area contributed by atoms with Crippen LogP contribution in [-0.2, 0) is 0 Å². The van der Waals surface area contributed by atoms with Gasteiger partial charge in [0.15, 0.2) is 5.78 Å². The van der Waals surface area contributed by atoms with E-state index in [2.05, 4.69) is 13.8 Å². The molecule has 0 saturated heterocycles. The molecule has 0 aliphatic heterocycles. The summed E-state index contributed by atoms with van der Waals surface area (Å²) in [5, 5.41) is 0. The van der Waals surface area contributed by atoms with Crippen molar-refractivity contribution in [1.29, 1.82) is 0 Å². The van der Waals surface area contributed by atoms with Gasteiger partial charge in [0, 0.05) is 11.1 Å². The molecule has 29 heavy (non-hydrogen) atoms. The van der Waals surface area contributed by atoms with Crippen LogP contribution in [0.15, 0.2) is 78.9 Å². The number of ketones is 1. The van der Waals surface area contributed by atoms with Crippen LogP contribution >= 0.6 is 0 Å². The number of rotatable bonds is 8. The first kappa shape index (κ1) is 20.3. The van der Waals surface area contributed by atoms with Crippen LogP contribution in [0.3, 0.4) is 0 Å². The maximum atomic E-state index is 12.4. The Hall–Kier alpha value is -3.40. The Balaban J connectivity index is 1.58. The maximum Gasteiger partial charge on any atom is 0.343 e. The molecule has 0 aliphatic rings. The minimum absolute atomic E-state index is 0.0727. The number of esters is 1. The zero-order valence-electron chi connectivity index (χ0n) is 16.6. The predicted molar refractivity (Wildman–Crippen MR) is 113 cm³/mol. The first-order valence-corrected chi connectivity index (χ1v) is 9.68. The molecule has 0 spiro atoms. The molecule has 0 N–H and O–H groups in total. The van der Waals surface area contributed by atoms with E-state index in [0.717, 1.165) is 12.2 Å². The molecule has 0 aromatic heterocycles. The highest BCUT2D eigenvalue weighted by atomic mass is 16.5. The minimum Gasteiger partial charge on any atom is -0.494 e. The van der Waals surface area contributed by atoms with Crippen LogP contribution in [0.4, 0.5) is 0 Å². The normalized spacial score (nSPS) is 10.6. The van der Waals surface area contributed by atoms with Crippen molar-refractivity contribution >= 4 is 11.8 Å². The molecule has 0 amide bonds. The van der Waals surface area contributed by atoms with Gasteiger partial charge < -0.3 is 9.47 Å². The fraction of sp³-hybridized carbons (Fsp3) is 0.200. The zero-order chi connectivity index (χ0) is 20.6. The highest BCUT2D eigenvalue weighted by molar-refractivity contribution is 6.09. The molecule has 4 nitrogen and oxygen atoms in total. The van der Waals surface area contributed by atoms with Crippen LogP contribution in [0.5, 0.6) is 11.5 Å². The van der Waals surface area contributed by atoms with Crippen molar-refractivity contribution in [3.63, 3.8) is 0 Å². The van der Waals surface area contributed by atoms with Crippen LogP contribution < -0.4 is 9.47 Å². The van der Waals surface area contributed by atoms with Crippen LogP contribution in [0.2, 0.25) is 0 Å². The van der Waals surface area contributed by atoms with Crippen molar-refractivity contribution in [2.45, 2.75) is 20.3 Å². The SMILES string of the molecule is CC(C)CCOc1ccc(C(=O)Oc2ccc(C(=O)c3ccccc3)cc2)cc1. The Morgan fingerprint density at radius 3 is 1.90 bits per heavy atom. The Bertz CT molecular complexity index is 942. The molecule has 0 unspecified atom stereocenters. The lowest BCUT2D eigenvalue weighted by molar-refractivity contribution is 0.0734. The third-order valence-corrected chi connectivity index (χ3v) is 4.42. The average Bonchev–Trinajstić information content (AvgIpc) is 2.74. The molecule has 3 rings (SSSR count). The van der Waals surface area contributed by atoms with Crippen molar-refractivity contribution in [2.24, 2.45) is 5.92 Å². The highest BCUT2D eigenvalue weighted by Crippen LogP contribution is 2.18. The van der Waals surface area contributed by atoms with Crippen LogP contribution in [0.1, 0.15) is 46.5 Å². The smallest absolute Gasteiger partial charge is 0.343 e. The number of carbonyl (C=O) groups excluding carboxylic acids is 2. The van der Waals surface area contributed by atoms with E-state index in [1.54, 1.807) is 60.7 Å². The number of hydrogen-bond acceptors (Lipinski definition) is 4. The van der Waals surface area contributed by atoms with Gasteiger partial charge in [-0.1, -0.05) is 44.2 Å².